The van der Waals surface area contributed by atoms with Gasteiger partial charge in [0, 0.05) is 6.04 Å². The maximum absolute atomic E-state index is 13.1. The van der Waals surface area contributed by atoms with Crippen LogP contribution in [0.1, 0.15) is 32.1 Å². The molecule has 1 aromatic heterocycles. The average molecular weight is 309 g/mol. The topological polar surface area (TPSA) is 37.0 Å². The predicted octanol–water partition coefficient (Wildman–Crippen LogP) is 4.05. The van der Waals surface area contributed by atoms with Crippen molar-refractivity contribution >= 4 is 44.0 Å². The van der Waals surface area contributed by atoms with Crippen LogP contribution in [0.25, 0.3) is 10.2 Å². The highest BCUT2D eigenvalue weighted by molar-refractivity contribution is 7.80. The van der Waals surface area contributed by atoms with E-state index in [-0.39, 0.29) is 5.82 Å². The van der Waals surface area contributed by atoms with Gasteiger partial charge >= 0.3 is 0 Å². The van der Waals surface area contributed by atoms with Gasteiger partial charge in [-0.1, -0.05) is 30.6 Å². The first-order valence-corrected chi connectivity index (χ1v) is 8.07. The van der Waals surface area contributed by atoms with Gasteiger partial charge in [-0.3, -0.25) is 0 Å². The number of thiazole rings is 1. The third-order valence-electron chi connectivity index (χ3n) is 3.51. The fourth-order valence-electron chi connectivity index (χ4n) is 2.52. The summed E-state index contributed by atoms with van der Waals surface area (Å²) < 4.78 is 14.0. The highest BCUT2D eigenvalue weighted by Crippen LogP contribution is 2.26. The molecule has 2 aromatic rings. The lowest BCUT2D eigenvalue weighted by molar-refractivity contribution is 0.415. The van der Waals surface area contributed by atoms with Crippen LogP contribution in [0, 0.1) is 5.82 Å². The molecule has 0 saturated heterocycles. The number of thiocarbonyl (C=S) groups is 1. The Labute approximate surface area is 126 Å². The Hall–Kier alpha value is -1.27. The van der Waals surface area contributed by atoms with Crippen molar-refractivity contribution in [3.63, 3.8) is 0 Å². The number of halogens is 1. The van der Waals surface area contributed by atoms with Crippen molar-refractivity contribution in [2.24, 2.45) is 0 Å². The van der Waals surface area contributed by atoms with Gasteiger partial charge in [0.15, 0.2) is 10.2 Å². The van der Waals surface area contributed by atoms with Gasteiger partial charge in [-0.05, 0) is 43.3 Å². The number of fused-ring (bicyclic) bond motifs is 1. The van der Waals surface area contributed by atoms with E-state index in [0.717, 1.165) is 10.2 Å². The zero-order chi connectivity index (χ0) is 13.9. The van der Waals surface area contributed by atoms with Crippen LogP contribution >= 0.6 is 23.6 Å². The number of rotatable bonds is 2. The first-order chi connectivity index (χ1) is 9.70. The van der Waals surface area contributed by atoms with E-state index in [1.54, 1.807) is 6.07 Å². The molecular formula is C14H16FN3S2. The van der Waals surface area contributed by atoms with Crippen molar-refractivity contribution in [1.82, 2.24) is 10.3 Å². The van der Waals surface area contributed by atoms with Crippen molar-refractivity contribution in [2.45, 2.75) is 38.1 Å². The summed E-state index contributed by atoms with van der Waals surface area (Å²) in [4.78, 5) is 4.40. The van der Waals surface area contributed by atoms with E-state index >= 15 is 0 Å². The summed E-state index contributed by atoms with van der Waals surface area (Å²) >= 11 is 6.73. The Morgan fingerprint density at radius 3 is 2.90 bits per heavy atom. The molecule has 3 rings (SSSR count). The zero-order valence-electron chi connectivity index (χ0n) is 11.0. The Balaban J connectivity index is 1.64. The minimum Gasteiger partial charge on any atom is -0.360 e. The maximum Gasteiger partial charge on any atom is 0.190 e. The van der Waals surface area contributed by atoms with E-state index in [0.29, 0.717) is 16.3 Å². The van der Waals surface area contributed by atoms with Crippen LogP contribution in [-0.4, -0.2) is 16.1 Å². The molecule has 0 aliphatic heterocycles. The van der Waals surface area contributed by atoms with Gasteiger partial charge in [-0.2, -0.15) is 0 Å². The normalized spacial score (nSPS) is 16.2. The fourth-order valence-corrected chi connectivity index (χ4v) is 3.74. The summed E-state index contributed by atoms with van der Waals surface area (Å²) in [6.45, 7) is 0. The third kappa shape index (κ3) is 3.24. The number of aromatic nitrogens is 1. The van der Waals surface area contributed by atoms with Gasteiger partial charge in [-0.25, -0.2) is 9.37 Å². The van der Waals surface area contributed by atoms with Crippen molar-refractivity contribution in [3.05, 3.63) is 24.0 Å². The van der Waals surface area contributed by atoms with Gasteiger partial charge in [0.25, 0.3) is 0 Å². The molecule has 0 spiro atoms. The van der Waals surface area contributed by atoms with Crippen LogP contribution in [0.5, 0.6) is 0 Å². The van der Waals surface area contributed by atoms with Gasteiger partial charge in [0.05, 0.1) is 10.2 Å². The molecule has 2 N–H and O–H groups in total. The predicted molar refractivity (Wildman–Crippen MR) is 85.8 cm³/mol. The first-order valence-electron chi connectivity index (χ1n) is 6.84. The second-order valence-electron chi connectivity index (χ2n) is 5.06. The summed E-state index contributed by atoms with van der Waals surface area (Å²) in [5.74, 6) is -0.240. The second-order valence-corrected chi connectivity index (χ2v) is 6.50. The standard InChI is InChI=1S/C14H16FN3S2/c15-9-6-7-11-12(8-9)20-14(17-11)18-13(19)16-10-4-2-1-3-5-10/h6-8,10H,1-5H2,(H2,16,17,18,19). The van der Waals surface area contributed by atoms with Crippen LogP contribution in [0.3, 0.4) is 0 Å². The molecule has 0 radical (unpaired) electrons. The molecule has 0 bridgehead atoms. The zero-order valence-corrected chi connectivity index (χ0v) is 12.6. The summed E-state index contributed by atoms with van der Waals surface area (Å²) in [5, 5.41) is 7.75. The molecular weight excluding hydrogens is 293 g/mol. The number of nitrogens with zero attached hydrogens (tertiary/aromatic N) is 1. The largest absolute Gasteiger partial charge is 0.360 e. The number of nitrogens with one attached hydrogen (secondary N) is 2. The molecule has 1 fully saturated rings. The summed E-state index contributed by atoms with van der Waals surface area (Å²) in [6.07, 6.45) is 6.20. The van der Waals surface area contributed by atoms with Crippen LogP contribution < -0.4 is 10.6 Å². The van der Waals surface area contributed by atoms with Crippen molar-refractivity contribution in [3.8, 4) is 0 Å². The maximum atomic E-state index is 13.1. The second kappa shape index (κ2) is 6.01. The fraction of sp³-hybridized carbons (Fsp3) is 0.429. The van der Waals surface area contributed by atoms with E-state index in [2.05, 4.69) is 15.6 Å². The van der Waals surface area contributed by atoms with Crippen molar-refractivity contribution in [1.29, 1.82) is 0 Å². The van der Waals surface area contributed by atoms with Crippen LogP contribution in [0.15, 0.2) is 18.2 Å². The minimum absolute atomic E-state index is 0.240. The van der Waals surface area contributed by atoms with Gasteiger partial charge in [0.2, 0.25) is 0 Å². The van der Waals surface area contributed by atoms with E-state index in [4.69, 9.17) is 12.2 Å². The number of hydrogen-bond donors (Lipinski definition) is 2. The lowest BCUT2D eigenvalue weighted by atomic mass is 9.96. The molecule has 6 heteroatoms. The van der Waals surface area contributed by atoms with Crippen LogP contribution in [0.4, 0.5) is 9.52 Å². The Morgan fingerprint density at radius 2 is 2.10 bits per heavy atom. The molecule has 0 amide bonds. The lowest BCUT2D eigenvalue weighted by Crippen LogP contribution is -2.38. The highest BCUT2D eigenvalue weighted by Gasteiger charge is 2.14. The van der Waals surface area contributed by atoms with E-state index in [9.17, 15) is 4.39 Å². The Morgan fingerprint density at radius 1 is 1.30 bits per heavy atom. The monoisotopic (exact) mass is 309 g/mol. The van der Waals surface area contributed by atoms with Gasteiger partial charge in [0.1, 0.15) is 5.82 Å². The van der Waals surface area contributed by atoms with Crippen LogP contribution in [-0.2, 0) is 0 Å². The van der Waals surface area contributed by atoms with E-state index < -0.39 is 0 Å². The molecule has 1 aliphatic rings. The number of hydrogen-bond acceptors (Lipinski definition) is 3. The van der Waals surface area contributed by atoms with Gasteiger partial charge < -0.3 is 10.6 Å². The lowest BCUT2D eigenvalue weighted by Gasteiger charge is -2.23. The Bertz CT molecular complexity index is 620. The van der Waals surface area contributed by atoms with E-state index in [1.165, 1.54) is 55.6 Å². The molecule has 1 aromatic carbocycles. The van der Waals surface area contributed by atoms with Gasteiger partial charge in [-0.15, -0.1) is 0 Å². The highest BCUT2D eigenvalue weighted by atomic mass is 32.1. The minimum atomic E-state index is -0.240. The molecule has 20 heavy (non-hydrogen) atoms. The molecule has 3 nitrogen and oxygen atoms in total. The Kier molecular flexibility index (Phi) is 4.12. The van der Waals surface area contributed by atoms with E-state index in [1.807, 2.05) is 0 Å². The molecule has 0 atom stereocenters. The SMILES string of the molecule is Fc1ccc2nc(NC(=S)NC3CCCCC3)sc2c1. The first kappa shape index (κ1) is 13.7. The molecule has 1 heterocycles. The molecule has 106 valence electrons. The smallest absolute Gasteiger partial charge is 0.190 e. The van der Waals surface area contributed by atoms with Crippen LogP contribution in [0.2, 0.25) is 0 Å². The number of benzene rings is 1. The average Bonchev–Trinajstić information content (AvgIpc) is 2.80. The molecule has 0 unspecified atom stereocenters. The molecule has 1 aliphatic carbocycles. The summed E-state index contributed by atoms with van der Waals surface area (Å²) in [7, 11) is 0. The molecule has 1 saturated carbocycles. The quantitative estimate of drug-likeness (QED) is 0.821. The van der Waals surface area contributed by atoms with Crippen molar-refractivity contribution < 1.29 is 4.39 Å². The third-order valence-corrected chi connectivity index (χ3v) is 4.66. The number of anilines is 1. The summed E-state index contributed by atoms with van der Waals surface area (Å²) in [5.41, 5.74) is 0.791. The van der Waals surface area contributed by atoms with Crippen molar-refractivity contribution in [2.75, 3.05) is 5.32 Å². The summed E-state index contributed by atoms with van der Waals surface area (Å²) in [6, 6.07) is 5.07.